The van der Waals surface area contributed by atoms with Crippen LogP contribution in [0.4, 0.5) is 11.5 Å². The lowest BCUT2D eigenvalue weighted by Gasteiger charge is -2.10. The monoisotopic (exact) mass is 251 g/mol. The molecule has 0 bridgehead atoms. The summed E-state index contributed by atoms with van der Waals surface area (Å²) in [5.41, 5.74) is 1.03. The second-order valence-electron chi connectivity index (χ2n) is 4.01. The number of aromatic nitrogens is 2. The van der Waals surface area contributed by atoms with Crippen molar-refractivity contribution in [1.82, 2.24) is 9.97 Å². The maximum Gasteiger partial charge on any atom is 0.206 e. The second-order valence-corrected chi connectivity index (χ2v) is 4.01. The number of anilines is 2. The molecule has 0 unspecified atom stereocenters. The minimum atomic E-state index is -0.307. The summed E-state index contributed by atoms with van der Waals surface area (Å²) in [5, 5.41) is 3.03. The van der Waals surface area contributed by atoms with E-state index < -0.39 is 0 Å². The first-order chi connectivity index (χ1) is 9.24. The van der Waals surface area contributed by atoms with Gasteiger partial charge in [-0.1, -0.05) is 18.2 Å². The van der Waals surface area contributed by atoms with E-state index in [0.717, 1.165) is 5.69 Å². The Morgan fingerprint density at radius 3 is 2.32 bits per heavy atom. The Labute approximate surface area is 109 Å². The van der Waals surface area contributed by atoms with E-state index in [9.17, 15) is 9.59 Å². The molecule has 1 aliphatic carbocycles. The Morgan fingerprint density at radius 2 is 1.58 bits per heavy atom. The van der Waals surface area contributed by atoms with E-state index in [4.69, 9.17) is 0 Å². The number of benzene rings is 1. The van der Waals surface area contributed by atoms with Gasteiger partial charge in [0, 0.05) is 5.69 Å². The molecule has 2 aromatic rings. The Hall–Kier alpha value is -2.82. The summed E-state index contributed by atoms with van der Waals surface area (Å²) in [6.07, 6.45) is 3.87. The largest absolute Gasteiger partial charge is 0.339 e. The van der Waals surface area contributed by atoms with Crippen molar-refractivity contribution in [3.05, 3.63) is 60.1 Å². The Bertz CT molecular complexity index is 693. The van der Waals surface area contributed by atoms with Gasteiger partial charge < -0.3 is 5.32 Å². The van der Waals surface area contributed by atoms with E-state index in [0.29, 0.717) is 5.82 Å². The van der Waals surface area contributed by atoms with Gasteiger partial charge in [-0.05, 0) is 24.3 Å². The molecule has 1 aromatic carbocycles. The lowest BCUT2D eigenvalue weighted by atomic mass is 10.1. The Morgan fingerprint density at radius 1 is 0.895 bits per heavy atom. The van der Waals surface area contributed by atoms with E-state index in [-0.39, 0.29) is 23.0 Å². The highest BCUT2D eigenvalue weighted by Crippen LogP contribution is 2.17. The lowest BCUT2D eigenvalue weighted by Crippen LogP contribution is -2.16. The van der Waals surface area contributed by atoms with E-state index in [2.05, 4.69) is 15.3 Å². The average molecular weight is 251 g/mol. The molecule has 3 rings (SSSR count). The fourth-order valence-corrected chi connectivity index (χ4v) is 1.78. The van der Waals surface area contributed by atoms with Crippen LogP contribution < -0.4 is 5.32 Å². The first-order valence-electron chi connectivity index (χ1n) is 5.70. The van der Waals surface area contributed by atoms with Crippen LogP contribution in [0.1, 0.15) is 21.0 Å². The van der Waals surface area contributed by atoms with E-state index in [1.54, 1.807) is 0 Å². The SMILES string of the molecule is O=C1C=CC(=O)c2nc(Nc3ccccc3)cnc21. The van der Waals surface area contributed by atoms with E-state index in [1.807, 2.05) is 30.3 Å². The number of ketones is 2. The molecule has 1 aromatic heterocycles. The third-order valence-electron chi connectivity index (χ3n) is 2.67. The predicted molar refractivity (Wildman–Crippen MR) is 69.6 cm³/mol. The predicted octanol–water partition coefficient (Wildman–Crippen LogP) is 2.16. The first-order valence-corrected chi connectivity index (χ1v) is 5.70. The second kappa shape index (κ2) is 4.45. The van der Waals surface area contributed by atoms with Crippen molar-refractivity contribution >= 4 is 23.1 Å². The molecule has 5 heteroatoms. The first kappa shape index (κ1) is 11.3. The van der Waals surface area contributed by atoms with Gasteiger partial charge in [0.2, 0.25) is 11.6 Å². The van der Waals surface area contributed by atoms with Crippen LogP contribution in [0.5, 0.6) is 0 Å². The topological polar surface area (TPSA) is 72.0 Å². The summed E-state index contributed by atoms with van der Waals surface area (Å²) in [7, 11) is 0. The van der Waals surface area contributed by atoms with Gasteiger partial charge in [-0.15, -0.1) is 0 Å². The quantitative estimate of drug-likeness (QED) is 0.885. The Balaban J connectivity index is 1.96. The number of hydrogen-bond acceptors (Lipinski definition) is 5. The maximum atomic E-state index is 11.7. The Kier molecular flexibility index (Phi) is 2.64. The minimum Gasteiger partial charge on any atom is -0.339 e. The molecule has 0 amide bonds. The smallest absolute Gasteiger partial charge is 0.206 e. The number of para-hydroxylation sites is 1. The van der Waals surface area contributed by atoms with Crippen LogP contribution in [0.2, 0.25) is 0 Å². The highest BCUT2D eigenvalue weighted by atomic mass is 16.1. The van der Waals surface area contributed by atoms with E-state index >= 15 is 0 Å². The van der Waals surface area contributed by atoms with Gasteiger partial charge in [-0.2, -0.15) is 0 Å². The standard InChI is InChI=1S/C14H9N3O2/c18-10-6-7-11(19)14-13(10)15-8-12(17-14)16-9-4-2-1-3-5-9/h1-8H,(H,16,17). The van der Waals surface area contributed by atoms with Gasteiger partial charge >= 0.3 is 0 Å². The summed E-state index contributed by atoms with van der Waals surface area (Å²) >= 11 is 0. The molecule has 0 spiro atoms. The molecule has 0 aliphatic heterocycles. The average Bonchev–Trinajstić information content (AvgIpc) is 2.44. The van der Waals surface area contributed by atoms with Crippen molar-refractivity contribution in [2.45, 2.75) is 0 Å². The molecule has 1 aliphatic rings. The van der Waals surface area contributed by atoms with Gasteiger partial charge in [-0.25, -0.2) is 9.97 Å². The van der Waals surface area contributed by atoms with Crippen LogP contribution in [0.3, 0.4) is 0 Å². The van der Waals surface area contributed by atoms with Crippen molar-refractivity contribution in [1.29, 1.82) is 0 Å². The molecule has 0 saturated carbocycles. The molecule has 0 radical (unpaired) electrons. The van der Waals surface area contributed by atoms with Gasteiger partial charge in [-0.3, -0.25) is 9.59 Å². The number of nitrogens with zero attached hydrogens (tertiary/aromatic N) is 2. The van der Waals surface area contributed by atoms with Gasteiger partial charge in [0.05, 0.1) is 6.20 Å². The molecule has 0 fully saturated rings. The van der Waals surface area contributed by atoms with Gasteiger partial charge in [0.15, 0.2) is 0 Å². The number of allylic oxidation sites excluding steroid dienone is 2. The van der Waals surface area contributed by atoms with Crippen LogP contribution in [0, 0.1) is 0 Å². The van der Waals surface area contributed by atoms with Gasteiger partial charge in [0.25, 0.3) is 0 Å². The molecule has 1 heterocycles. The molecule has 0 saturated heterocycles. The normalized spacial score (nSPS) is 13.3. The number of rotatable bonds is 2. The van der Waals surface area contributed by atoms with Crippen LogP contribution in [-0.2, 0) is 0 Å². The highest BCUT2D eigenvalue weighted by molar-refractivity contribution is 6.20. The van der Waals surface area contributed by atoms with Crippen molar-refractivity contribution in [2.75, 3.05) is 5.32 Å². The fraction of sp³-hybridized carbons (Fsp3) is 0. The summed E-state index contributed by atoms with van der Waals surface area (Å²) in [6, 6.07) is 9.40. The lowest BCUT2D eigenvalue weighted by molar-refractivity contribution is 0.0987. The number of hydrogen-bond donors (Lipinski definition) is 1. The van der Waals surface area contributed by atoms with E-state index in [1.165, 1.54) is 18.3 Å². The van der Waals surface area contributed by atoms with Gasteiger partial charge in [0.1, 0.15) is 17.2 Å². The molecule has 1 N–H and O–H groups in total. The van der Waals surface area contributed by atoms with Crippen LogP contribution in [0.25, 0.3) is 0 Å². The fourth-order valence-electron chi connectivity index (χ4n) is 1.78. The van der Waals surface area contributed by atoms with Crippen molar-refractivity contribution in [3.8, 4) is 0 Å². The zero-order valence-corrected chi connectivity index (χ0v) is 9.83. The number of fused-ring (bicyclic) bond motifs is 1. The van der Waals surface area contributed by atoms with Crippen LogP contribution in [0.15, 0.2) is 48.7 Å². The third kappa shape index (κ3) is 2.13. The maximum absolute atomic E-state index is 11.7. The summed E-state index contributed by atoms with van der Waals surface area (Å²) in [6.45, 7) is 0. The number of carbonyl (C=O) groups is 2. The van der Waals surface area contributed by atoms with Crippen LogP contribution in [-0.4, -0.2) is 21.5 Å². The van der Waals surface area contributed by atoms with Crippen molar-refractivity contribution < 1.29 is 9.59 Å². The van der Waals surface area contributed by atoms with Crippen molar-refractivity contribution in [2.24, 2.45) is 0 Å². The summed E-state index contributed by atoms with van der Waals surface area (Å²) < 4.78 is 0. The third-order valence-corrected chi connectivity index (χ3v) is 2.67. The summed E-state index contributed by atoms with van der Waals surface area (Å²) in [4.78, 5) is 31.4. The molecular weight excluding hydrogens is 242 g/mol. The molecule has 0 atom stereocenters. The molecule has 19 heavy (non-hydrogen) atoms. The minimum absolute atomic E-state index is 0.0911. The number of nitrogens with one attached hydrogen (secondary N) is 1. The van der Waals surface area contributed by atoms with Crippen molar-refractivity contribution in [3.63, 3.8) is 0 Å². The highest BCUT2D eigenvalue weighted by Gasteiger charge is 2.22. The van der Waals surface area contributed by atoms with Crippen LogP contribution >= 0.6 is 0 Å². The molecule has 92 valence electrons. The molecular formula is C14H9N3O2. The summed E-state index contributed by atoms with van der Waals surface area (Å²) in [5.74, 6) is -0.173. The molecule has 5 nitrogen and oxygen atoms in total. The zero-order chi connectivity index (χ0) is 13.2. The zero-order valence-electron chi connectivity index (χ0n) is 9.83. The number of carbonyl (C=O) groups excluding carboxylic acids is 2.